The minimum Gasteiger partial charge on any atom is -0.353 e. The van der Waals surface area contributed by atoms with Crippen molar-refractivity contribution >= 4 is 29.3 Å². The summed E-state index contributed by atoms with van der Waals surface area (Å²) in [6, 6.07) is 6.46. The van der Waals surface area contributed by atoms with E-state index in [0.29, 0.717) is 23.7 Å². The van der Waals surface area contributed by atoms with Gasteiger partial charge in [0.1, 0.15) is 0 Å². The molecule has 0 spiro atoms. The molecule has 0 aliphatic carbocycles. The normalized spacial score (nSPS) is 14.7. The lowest BCUT2D eigenvalue weighted by atomic mass is 10.2. The van der Waals surface area contributed by atoms with E-state index in [1.165, 1.54) is 11.0 Å². The van der Waals surface area contributed by atoms with Crippen LogP contribution >= 0.6 is 11.6 Å². The van der Waals surface area contributed by atoms with Crippen molar-refractivity contribution in [2.75, 3.05) is 26.2 Å². The first-order chi connectivity index (χ1) is 9.56. The van der Waals surface area contributed by atoms with Crippen LogP contribution in [0.25, 0.3) is 0 Å². The maximum Gasteiger partial charge on any atom is 0.251 e. The Kier molecular flexibility index (Phi) is 4.57. The summed E-state index contributed by atoms with van der Waals surface area (Å²) in [6.45, 7) is 0.787. The fourth-order valence-corrected chi connectivity index (χ4v) is 2.04. The Balaban J connectivity index is 1.87. The molecule has 0 bridgehead atoms. The molecule has 1 aliphatic rings. The summed E-state index contributed by atoms with van der Waals surface area (Å²) in [6.07, 6.45) is 0. The van der Waals surface area contributed by atoms with Gasteiger partial charge in [0.25, 0.3) is 5.91 Å². The number of carbonyl (C=O) groups is 3. The number of piperazine rings is 1. The van der Waals surface area contributed by atoms with Gasteiger partial charge in [-0.1, -0.05) is 17.7 Å². The summed E-state index contributed by atoms with van der Waals surface area (Å²) in [5.41, 5.74) is 0.390. The Hall–Kier alpha value is -2.08. The average molecular weight is 296 g/mol. The summed E-state index contributed by atoms with van der Waals surface area (Å²) < 4.78 is 0. The molecule has 1 aromatic carbocycles. The van der Waals surface area contributed by atoms with Crippen LogP contribution in [0.4, 0.5) is 0 Å². The third kappa shape index (κ3) is 3.71. The van der Waals surface area contributed by atoms with Crippen LogP contribution in [0, 0.1) is 0 Å². The zero-order chi connectivity index (χ0) is 14.5. The number of benzene rings is 1. The van der Waals surface area contributed by atoms with Gasteiger partial charge in [0.05, 0.1) is 13.1 Å². The average Bonchev–Trinajstić information content (AvgIpc) is 2.44. The molecule has 1 heterocycles. The number of carbonyl (C=O) groups excluding carboxylic acids is 3. The molecule has 2 rings (SSSR count). The van der Waals surface area contributed by atoms with E-state index in [1.54, 1.807) is 18.2 Å². The Morgan fingerprint density at radius 2 is 2.20 bits per heavy atom. The van der Waals surface area contributed by atoms with Gasteiger partial charge in [0, 0.05) is 23.7 Å². The predicted molar refractivity (Wildman–Crippen MR) is 73.4 cm³/mol. The van der Waals surface area contributed by atoms with E-state index < -0.39 is 0 Å². The van der Waals surface area contributed by atoms with Crippen molar-refractivity contribution in [3.63, 3.8) is 0 Å². The van der Waals surface area contributed by atoms with Crippen molar-refractivity contribution in [1.82, 2.24) is 15.5 Å². The number of rotatable bonds is 3. The van der Waals surface area contributed by atoms with Gasteiger partial charge in [-0.2, -0.15) is 0 Å². The largest absolute Gasteiger partial charge is 0.353 e. The number of nitrogens with one attached hydrogen (secondary N) is 2. The molecule has 20 heavy (non-hydrogen) atoms. The minimum atomic E-state index is -0.373. The van der Waals surface area contributed by atoms with Crippen LogP contribution in [0.15, 0.2) is 24.3 Å². The number of halogens is 1. The van der Waals surface area contributed by atoms with Gasteiger partial charge in [-0.15, -0.1) is 0 Å². The zero-order valence-corrected chi connectivity index (χ0v) is 11.4. The monoisotopic (exact) mass is 295 g/mol. The molecule has 6 nitrogen and oxygen atoms in total. The fourth-order valence-electron chi connectivity index (χ4n) is 1.85. The molecule has 1 aliphatic heterocycles. The summed E-state index contributed by atoms with van der Waals surface area (Å²) in [5.74, 6) is -0.844. The summed E-state index contributed by atoms with van der Waals surface area (Å²) >= 11 is 5.79. The van der Waals surface area contributed by atoms with Crippen LogP contribution in [-0.2, 0) is 9.59 Å². The molecule has 1 saturated heterocycles. The second-order valence-corrected chi connectivity index (χ2v) is 4.79. The first kappa shape index (κ1) is 14.3. The fraction of sp³-hybridized carbons (Fsp3) is 0.308. The highest BCUT2D eigenvalue weighted by molar-refractivity contribution is 6.30. The summed E-state index contributed by atoms with van der Waals surface area (Å²) in [5, 5.41) is 5.60. The molecule has 0 atom stereocenters. The van der Waals surface area contributed by atoms with Gasteiger partial charge in [-0.3, -0.25) is 14.4 Å². The van der Waals surface area contributed by atoms with E-state index >= 15 is 0 Å². The topological polar surface area (TPSA) is 78.5 Å². The molecule has 1 aromatic rings. The first-order valence-electron chi connectivity index (χ1n) is 6.14. The number of nitrogens with zero attached hydrogens (tertiary/aromatic N) is 1. The third-order valence-electron chi connectivity index (χ3n) is 2.88. The second-order valence-electron chi connectivity index (χ2n) is 4.36. The van der Waals surface area contributed by atoms with E-state index in [4.69, 9.17) is 11.6 Å². The van der Waals surface area contributed by atoms with Crippen LogP contribution < -0.4 is 10.6 Å². The van der Waals surface area contributed by atoms with Gasteiger partial charge >= 0.3 is 0 Å². The van der Waals surface area contributed by atoms with Crippen LogP contribution in [0.1, 0.15) is 10.4 Å². The van der Waals surface area contributed by atoms with E-state index in [0.717, 1.165) is 0 Å². The maximum atomic E-state index is 11.9. The van der Waals surface area contributed by atoms with Crippen LogP contribution in [0.3, 0.4) is 0 Å². The third-order valence-corrected chi connectivity index (χ3v) is 3.11. The minimum absolute atomic E-state index is 0.0336. The lowest BCUT2D eigenvalue weighted by Crippen LogP contribution is -2.52. The quantitative estimate of drug-likeness (QED) is 0.826. The maximum absolute atomic E-state index is 11.9. The predicted octanol–water partition coefficient (Wildman–Crippen LogP) is 0.0282. The molecular weight excluding hydrogens is 282 g/mol. The standard InChI is InChI=1S/C13H14ClN3O3/c14-10-3-1-2-9(6-10)13(20)16-7-12(19)17-5-4-15-11(18)8-17/h1-3,6H,4-5,7-8H2,(H,15,18)(H,16,20). The molecule has 2 N–H and O–H groups in total. The Bertz CT molecular complexity index is 547. The van der Waals surface area contributed by atoms with Gasteiger partial charge in [0.15, 0.2) is 0 Å². The lowest BCUT2D eigenvalue weighted by Gasteiger charge is -2.26. The highest BCUT2D eigenvalue weighted by atomic mass is 35.5. The van der Waals surface area contributed by atoms with Crippen molar-refractivity contribution in [2.45, 2.75) is 0 Å². The molecule has 0 saturated carbocycles. The molecule has 3 amide bonds. The second kappa shape index (κ2) is 6.38. The molecule has 0 aromatic heterocycles. The van der Waals surface area contributed by atoms with Crippen molar-refractivity contribution in [2.24, 2.45) is 0 Å². The molecule has 0 unspecified atom stereocenters. The summed E-state index contributed by atoms with van der Waals surface area (Å²) in [7, 11) is 0. The Labute approximate surface area is 121 Å². The number of hydrogen-bond donors (Lipinski definition) is 2. The number of amides is 3. The van der Waals surface area contributed by atoms with E-state index in [1.807, 2.05) is 0 Å². The molecule has 7 heteroatoms. The van der Waals surface area contributed by atoms with Crippen molar-refractivity contribution < 1.29 is 14.4 Å². The highest BCUT2D eigenvalue weighted by Crippen LogP contribution is 2.10. The van der Waals surface area contributed by atoms with Crippen LogP contribution in [0.2, 0.25) is 5.02 Å². The number of hydrogen-bond acceptors (Lipinski definition) is 3. The Morgan fingerprint density at radius 3 is 2.90 bits per heavy atom. The van der Waals surface area contributed by atoms with Crippen LogP contribution in [-0.4, -0.2) is 48.8 Å². The van der Waals surface area contributed by atoms with E-state index in [9.17, 15) is 14.4 Å². The molecular formula is C13H14ClN3O3. The van der Waals surface area contributed by atoms with Crippen molar-refractivity contribution in [3.05, 3.63) is 34.9 Å². The van der Waals surface area contributed by atoms with Gasteiger partial charge in [-0.25, -0.2) is 0 Å². The molecule has 1 fully saturated rings. The smallest absolute Gasteiger partial charge is 0.251 e. The highest BCUT2D eigenvalue weighted by Gasteiger charge is 2.21. The first-order valence-corrected chi connectivity index (χ1v) is 6.52. The summed E-state index contributed by atoms with van der Waals surface area (Å²) in [4.78, 5) is 36.3. The van der Waals surface area contributed by atoms with Gasteiger partial charge in [0.2, 0.25) is 11.8 Å². The van der Waals surface area contributed by atoms with Crippen LogP contribution in [0.5, 0.6) is 0 Å². The van der Waals surface area contributed by atoms with Crippen molar-refractivity contribution in [3.8, 4) is 0 Å². The SMILES string of the molecule is O=C1CN(C(=O)CNC(=O)c2cccc(Cl)c2)CCN1. The van der Waals surface area contributed by atoms with Gasteiger partial charge < -0.3 is 15.5 Å². The Morgan fingerprint density at radius 1 is 1.40 bits per heavy atom. The zero-order valence-electron chi connectivity index (χ0n) is 10.7. The van der Waals surface area contributed by atoms with E-state index in [2.05, 4.69) is 10.6 Å². The molecule has 0 radical (unpaired) electrons. The van der Waals surface area contributed by atoms with E-state index in [-0.39, 0.29) is 30.8 Å². The molecule has 106 valence electrons. The van der Waals surface area contributed by atoms with Crippen molar-refractivity contribution in [1.29, 1.82) is 0 Å². The van der Waals surface area contributed by atoms with Gasteiger partial charge in [-0.05, 0) is 18.2 Å². The lowest BCUT2D eigenvalue weighted by molar-refractivity contribution is -0.137.